The van der Waals surface area contributed by atoms with Gasteiger partial charge in [-0.15, -0.1) is 11.8 Å². The summed E-state index contributed by atoms with van der Waals surface area (Å²) in [4.78, 5) is 33.0. The Balaban J connectivity index is 2.73. The molecular formula is C12H14N2O6S. The Hall–Kier alpha value is -2.13. The van der Waals surface area contributed by atoms with E-state index in [1.807, 2.05) is 0 Å². The summed E-state index contributed by atoms with van der Waals surface area (Å²) >= 11 is 1.20. The van der Waals surface area contributed by atoms with Crippen LogP contribution in [0.25, 0.3) is 0 Å². The van der Waals surface area contributed by atoms with Gasteiger partial charge in [-0.25, -0.2) is 4.79 Å². The third-order valence-electron chi connectivity index (χ3n) is 2.63. The first-order valence-corrected chi connectivity index (χ1v) is 7.10. The number of carboxylic acids is 1. The predicted molar refractivity (Wildman–Crippen MR) is 75.5 cm³/mol. The van der Waals surface area contributed by atoms with Gasteiger partial charge in [-0.05, 0) is 18.4 Å². The summed E-state index contributed by atoms with van der Waals surface area (Å²) in [5.41, 5.74) is -0.0648. The number of carbonyl (C=O) groups is 2. The summed E-state index contributed by atoms with van der Waals surface area (Å²) in [5.74, 6) is -1.94. The third-order valence-corrected chi connectivity index (χ3v) is 3.41. The van der Waals surface area contributed by atoms with Crippen molar-refractivity contribution >= 4 is 29.3 Å². The van der Waals surface area contributed by atoms with Crippen molar-refractivity contribution in [3.8, 4) is 0 Å². The Morgan fingerprint density at radius 2 is 2.14 bits per heavy atom. The average Bonchev–Trinajstić information content (AvgIpc) is 2.45. The lowest BCUT2D eigenvalue weighted by atomic mass is 10.2. The Bertz CT molecular complexity index is 563. The van der Waals surface area contributed by atoms with Crippen molar-refractivity contribution in [1.82, 2.24) is 5.32 Å². The standard InChI is InChI=1S/C12H14N2O6S/c1-21-10-3-2-7(6-8(10)14(19)20)11(16)13-5-4-9(15)12(17)18/h2-3,6,9,15H,4-5H2,1H3,(H,13,16)(H,17,18)/t9-/m0/s1. The molecule has 114 valence electrons. The molecule has 21 heavy (non-hydrogen) atoms. The molecule has 1 aromatic carbocycles. The highest BCUT2D eigenvalue weighted by molar-refractivity contribution is 7.98. The minimum atomic E-state index is -1.56. The fourth-order valence-corrected chi connectivity index (χ4v) is 2.07. The fraction of sp³-hybridized carbons (Fsp3) is 0.333. The van der Waals surface area contributed by atoms with Crippen LogP contribution < -0.4 is 5.32 Å². The molecule has 0 bridgehead atoms. The van der Waals surface area contributed by atoms with Gasteiger partial charge in [0.1, 0.15) is 0 Å². The van der Waals surface area contributed by atoms with Crippen LogP contribution in [0.2, 0.25) is 0 Å². The van der Waals surface area contributed by atoms with Crippen LogP contribution in [0, 0.1) is 10.1 Å². The lowest BCUT2D eigenvalue weighted by Gasteiger charge is -2.08. The molecule has 0 radical (unpaired) electrons. The van der Waals surface area contributed by atoms with E-state index in [0.29, 0.717) is 4.90 Å². The minimum absolute atomic E-state index is 0.0512. The molecule has 3 N–H and O–H groups in total. The van der Waals surface area contributed by atoms with Crippen LogP contribution in [0.5, 0.6) is 0 Å². The van der Waals surface area contributed by atoms with Crippen molar-refractivity contribution < 1.29 is 24.7 Å². The summed E-state index contributed by atoms with van der Waals surface area (Å²) in [7, 11) is 0. The first-order valence-electron chi connectivity index (χ1n) is 5.88. The first kappa shape index (κ1) is 16.9. The number of amides is 1. The van der Waals surface area contributed by atoms with Crippen molar-refractivity contribution in [3.05, 3.63) is 33.9 Å². The van der Waals surface area contributed by atoms with E-state index < -0.39 is 22.9 Å². The lowest BCUT2D eigenvalue weighted by Crippen LogP contribution is -2.30. The van der Waals surface area contributed by atoms with E-state index in [1.54, 1.807) is 6.26 Å². The fourth-order valence-electron chi connectivity index (χ4n) is 1.52. The summed E-state index contributed by atoms with van der Waals surface area (Å²) in [5, 5.41) is 30.8. The van der Waals surface area contributed by atoms with Crippen molar-refractivity contribution in [1.29, 1.82) is 0 Å². The molecule has 9 heteroatoms. The molecule has 0 fully saturated rings. The van der Waals surface area contributed by atoms with Gasteiger partial charge in [-0.2, -0.15) is 0 Å². The van der Waals surface area contributed by atoms with Crippen LogP contribution in [0.4, 0.5) is 5.69 Å². The van der Waals surface area contributed by atoms with Crippen molar-refractivity contribution in [2.45, 2.75) is 17.4 Å². The van der Waals surface area contributed by atoms with E-state index in [1.165, 1.54) is 23.9 Å². The van der Waals surface area contributed by atoms with Gasteiger partial charge >= 0.3 is 5.97 Å². The SMILES string of the molecule is CSc1ccc(C(=O)NCC[C@H](O)C(=O)O)cc1[N+](=O)[O-]. The average molecular weight is 314 g/mol. The number of carboxylic acid groups (broad SMARTS) is 1. The zero-order valence-electron chi connectivity index (χ0n) is 11.1. The second kappa shape index (κ2) is 7.60. The third kappa shape index (κ3) is 4.72. The molecule has 0 aliphatic rings. The summed E-state index contributed by atoms with van der Waals surface area (Å²) in [6.07, 6.45) is -0.0139. The van der Waals surface area contributed by atoms with Crippen molar-refractivity contribution in [3.63, 3.8) is 0 Å². The van der Waals surface area contributed by atoms with Crippen LogP contribution >= 0.6 is 11.8 Å². The maximum atomic E-state index is 11.8. The van der Waals surface area contributed by atoms with Gasteiger partial charge in [0.15, 0.2) is 6.10 Å². The van der Waals surface area contributed by atoms with Crippen LogP contribution in [0.15, 0.2) is 23.1 Å². The molecular weight excluding hydrogens is 300 g/mol. The molecule has 0 aliphatic heterocycles. The number of nitro benzene ring substituents is 1. The summed E-state index contributed by atoms with van der Waals surface area (Å²) in [6, 6.07) is 4.08. The van der Waals surface area contributed by atoms with Gasteiger partial charge in [-0.1, -0.05) is 0 Å². The summed E-state index contributed by atoms with van der Waals surface area (Å²) in [6.45, 7) is -0.0512. The maximum absolute atomic E-state index is 11.8. The second-order valence-electron chi connectivity index (χ2n) is 4.04. The number of nitro groups is 1. The number of benzene rings is 1. The number of aliphatic hydroxyl groups is 1. The molecule has 1 rings (SSSR count). The number of aliphatic carboxylic acids is 1. The number of rotatable bonds is 7. The Kier molecular flexibility index (Phi) is 6.12. The van der Waals surface area contributed by atoms with E-state index in [9.17, 15) is 19.7 Å². The van der Waals surface area contributed by atoms with Crippen LogP contribution in [-0.2, 0) is 4.79 Å². The molecule has 1 aromatic rings. The minimum Gasteiger partial charge on any atom is -0.479 e. The molecule has 0 heterocycles. The normalized spacial score (nSPS) is 11.7. The Morgan fingerprint density at radius 1 is 1.48 bits per heavy atom. The Labute approximate surface area is 124 Å². The second-order valence-corrected chi connectivity index (χ2v) is 4.89. The van der Waals surface area contributed by atoms with E-state index in [4.69, 9.17) is 10.2 Å². The number of nitrogens with one attached hydrogen (secondary N) is 1. The first-order chi connectivity index (χ1) is 9.86. The van der Waals surface area contributed by atoms with Gasteiger partial charge in [0.2, 0.25) is 0 Å². The number of thioether (sulfide) groups is 1. The lowest BCUT2D eigenvalue weighted by molar-refractivity contribution is -0.387. The van der Waals surface area contributed by atoms with E-state index >= 15 is 0 Å². The molecule has 1 amide bonds. The topological polar surface area (TPSA) is 130 Å². The highest BCUT2D eigenvalue weighted by atomic mass is 32.2. The van der Waals surface area contributed by atoms with Crippen molar-refractivity contribution in [2.24, 2.45) is 0 Å². The molecule has 8 nitrogen and oxygen atoms in total. The van der Waals surface area contributed by atoms with Crippen LogP contribution in [0.3, 0.4) is 0 Å². The van der Waals surface area contributed by atoms with Gasteiger partial charge < -0.3 is 15.5 Å². The zero-order chi connectivity index (χ0) is 16.0. The van der Waals surface area contributed by atoms with Crippen molar-refractivity contribution in [2.75, 3.05) is 12.8 Å². The Morgan fingerprint density at radius 3 is 2.67 bits per heavy atom. The van der Waals surface area contributed by atoms with Gasteiger partial charge in [0, 0.05) is 24.6 Å². The number of hydrogen-bond acceptors (Lipinski definition) is 6. The highest BCUT2D eigenvalue weighted by Crippen LogP contribution is 2.28. The van der Waals surface area contributed by atoms with Gasteiger partial charge in [0.05, 0.1) is 9.82 Å². The number of aliphatic hydroxyl groups excluding tert-OH is 1. The summed E-state index contributed by atoms with van der Waals surface area (Å²) < 4.78 is 0. The van der Waals surface area contributed by atoms with Crippen LogP contribution in [-0.4, -0.2) is 45.9 Å². The molecule has 0 unspecified atom stereocenters. The highest BCUT2D eigenvalue weighted by Gasteiger charge is 2.18. The van der Waals surface area contributed by atoms with Gasteiger partial charge in [0.25, 0.3) is 11.6 Å². The number of carbonyl (C=O) groups excluding carboxylic acids is 1. The maximum Gasteiger partial charge on any atom is 0.332 e. The molecule has 1 atom stereocenters. The van der Waals surface area contributed by atoms with E-state index in [2.05, 4.69) is 5.32 Å². The molecule has 0 saturated carbocycles. The quantitative estimate of drug-likeness (QED) is 0.387. The number of hydrogen-bond donors (Lipinski definition) is 3. The van der Waals surface area contributed by atoms with Gasteiger partial charge in [-0.3, -0.25) is 14.9 Å². The van der Waals surface area contributed by atoms with E-state index in [-0.39, 0.29) is 24.2 Å². The van der Waals surface area contributed by atoms with Crippen LogP contribution in [0.1, 0.15) is 16.8 Å². The zero-order valence-corrected chi connectivity index (χ0v) is 11.9. The smallest absolute Gasteiger partial charge is 0.332 e. The molecule has 0 spiro atoms. The number of nitrogens with zero attached hydrogens (tertiary/aromatic N) is 1. The molecule has 0 saturated heterocycles. The largest absolute Gasteiger partial charge is 0.479 e. The van der Waals surface area contributed by atoms with E-state index in [0.717, 1.165) is 6.07 Å². The predicted octanol–water partition coefficient (Wildman–Crippen LogP) is 0.882. The monoisotopic (exact) mass is 314 g/mol. The molecule has 0 aliphatic carbocycles. The molecule has 0 aromatic heterocycles.